The van der Waals surface area contributed by atoms with Crippen LogP contribution in [-0.2, 0) is 13.0 Å². The molecule has 3 aliphatic rings. The number of halogens is 2. The van der Waals surface area contributed by atoms with Gasteiger partial charge < -0.3 is 24.8 Å². The summed E-state index contributed by atoms with van der Waals surface area (Å²) in [5.41, 5.74) is 4.96. The number of nitrogens with one attached hydrogen (secondary N) is 1. The highest BCUT2D eigenvalue weighted by Gasteiger charge is 2.36. The minimum Gasteiger partial charge on any atom is -0.467 e. The number of hydrogen-bond acceptors (Lipinski definition) is 9. The predicted molar refractivity (Wildman–Crippen MR) is 170 cm³/mol. The lowest BCUT2D eigenvalue weighted by Gasteiger charge is -2.35. The molecule has 1 aromatic heterocycles. The molecule has 4 heterocycles. The quantitative estimate of drug-likeness (QED) is 0.410. The van der Waals surface area contributed by atoms with Gasteiger partial charge in [0.1, 0.15) is 5.82 Å². The van der Waals surface area contributed by atoms with E-state index in [-0.39, 0.29) is 13.0 Å². The maximum Gasteiger partial charge on any atom is 0.318 e. The summed E-state index contributed by atoms with van der Waals surface area (Å²) in [4.78, 5) is 15.9. The monoisotopic (exact) mass is 599 g/mol. The number of fused-ring (bicyclic) bond motifs is 2. The SMILES string of the molecule is CC#N.CN1CCC(F)(F)C1.COc1nc2c(c(N3CCNCC3)n1)CCN(c1cccc3cccc(C)c13)C2.CS. The Morgan fingerprint density at radius 2 is 1.69 bits per heavy atom. The molecule has 0 amide bonds. The number of rotatable bonds is 3. The van der Waals surface area contributed by atoms with E-state index in [1.165, 1.54) is 34.5 Å². The van der Waals surface area contributed by atoms with E-state index in [1.807, 2.05) is 0 Å². The van der Waals surface area contributed by atoms with Gasteiger partial charge in [-0.15, -0.1) is 0 Å². The maximum absolute atomic E-state index is 12.2. The molecule has 0 aliphatic carbocycles. The first-order valence-electron chi connectivity index (χ1n) is 14.2. The van der Waals surface area contributed by atoms with Gasteiger partial charge in [0, 0.05) is 69.3 Å². The van der Waals surface area contributed by atoms with Gasteiger partial charge in [-0.2, -0.15) is 27.9 Å². The highest BCUT2D eigenvalue weighted by molar-refractivity contribution is 7.79. The molecule has 0 bridgehead atoms. The third kappa shape index (κ3) is 8.43. The molecule has 0 spiro atoms. The number of alkyl halides is 2. The van der Waals surface area contributed by atoms with Crippen LogP contribution in [0.3, 0.4) is 0 Å². The zero-order chi connectivity index (χ0) is 30.7. The van der Waals surface area contributed by atoms with Crippen LogP contribution in [0.5, 0.6) is 6.01 Å². The van der Waals surface area contributed by atoms with Gasteiger partial charge in [-0.05, 0) is 43.7 Å². The van der Waals surface area contributed by atoms with E-state index >= 15 is 0 Å². The number of benzene rings is 2. The van der Waals surface area contributed by atoms with E-state index in [1.54, 1.807) is 31.4 Å². The van der Waals surface area contributed by atoms with Gasteiger partial charge in [0.2, 0.25) is 0 Å². The number of anilines is 2. The van der Waals surface area contributed by atoms with E-state index in [0.29, 0.717) is 12.6 Å². The number of nitriles is 1. The molecule has 8 nitrogen and oxygen atoms in total. The van der Waals surface area contributed by atoms with Crippen LogP contribution in [0.4, 0.5) is 20.3 Å². The van der Waals surface area contributed by atoms with E-state index in [9.17, 15) is 8.78 Å². The fraction of sp³-hybridized carbons (Fsp3) is 0.516. The Labute approximate surface area is 254 Å². The van der Waals surface area contributed by atoms with E-state index in [0.717, 1.165) is 57.2 Å². The minimum absolute atomic E-state index is 0.0312. The van der Waals surface area contributed by atoms with Crippen molar-refractivity contribution in [3.05, 3.63) is 53.2 Å². The lowest BCUT2D eigenvalue weighted by Crippen LogP contribution is -2.45. The van der Waals surface area contributed by atoms with Crippen molar-refractivity contribution < 1.29 is 13.5 Å². The molecule has 0 radical (unpaired) electrons. The fourth-order valence-electron chi connectivity index (χ4n) is 5.50. The molecule has 0 unspecified atom stereocenters. The van der Waals surface area contributed by atoms with E-state index in [4.69, 9.17) is 20.0 Å². The number of likely N-dealkylation sites (tertiary alicyclic amines) is 1. The summed E-state index contributed by atoms with van der Waals surface area (Å²) in [7, 11) is 3.36. The van der Waals surface area contributed by atoms with Crippen molar-refractivity contribution in [3.63, 3.8) is 0 Å². The fourth-order valence-corrected chi connectivity index (χ4v) is 5.50. The van der Waals surface area contributed by atoms with Gasteiger partial charge in [-0.25, -0.2) is 8.78 Å². The third-order valence-electron chi connectivity index (χ3n) is 7.41. The number of aryl methyl sites for hydroxylation is 1. The predicted octanol–water partition coefficient (Wildman–Crippen LogP) is 4.95. The first-order valence-corrected chi connectivity index (χ1v) is 15.1. The highest BCUT2D eigenvalue weighted by atomic mass is 32.1. The second-order valence-electron chi connectivity index (χ2n) is 10.4. The summed E-state index contributed by atoms with van der Waals surface area (Å²) in [5, 5.41) is 13.4. The van der Waals surface area contributed by atoms with Crippen LogP contribution in [0.25, 0.3) is 10.8 Å². The van der Waals surface area contributed by atoms with Gasteiger partial charge in [0.15, 0.2) is 0 Å². The van der Waals surface area contributed by atoms with Crippen molar-refractivity contribution in [2.75, 3.05) is 76.0 Å². The van der Waals surface area contributed by atoms with E-state index in [2.05, 4.69) is 71.1 Å². The number of piperazine rings is 1. The average Bonchev–Trinajstić information content (AvgIpc) is 3.34. The number of thiol groups is 1. The van der Waals surface area contributed by atoms with Crippen LogP contribution in [-0.4, -0.2) is 87.0 Å². The van der Waals surface area contributed by atoms with Crippen molar-refractivity contribution in [1.29, 1.82) is 5.26 Å². The van der Waals surface area contributed by atoms with Gasteiger partial charge in [-0.3, -0.25) is 0 Å². The maximum atomic E-state index is 12.2. The van der Waals surface area contributed by atoms with Gasteiger partial charge in [-0.1, -0.05) is 30.3 Å². The van der Waals surface area contributed by atoms with Crippen molar-refractivity contribution >= 4 is 34.9 Å². The van der Waals surface area contributed by atoms with Crippen LogP contribution in [0.2, 0.25) is 0 Å². The van der Waals surface area contributed by atoms with Crippen molar-refractivity contribution in [2.45, 2.75) is 39.2 Å². The Hall–Kier alpha value is -3.20. The van der Waals surface area contributed by atoms with Crippen molar-refractivity contribution in [1.82, 2.24) is 20.2 Å². The zero-order valence-corrected chi connectivity index (χ0v) is 26.2. The third-order valence-corrected chi connectivity index (χ3v) is 7.41. The standard InChI is InChI=1S/C23H27N5O.C5H9F2N.C2H3N.CH4S/c1-16-5-3-6-17-7-4-8-20(21(16)17)28-12-9-18-19(15-28)25-23(29-2)26-22(18)27-13-10-24-11-14-27;1-8-3-2-5(6,7)4-8;1-2-3;1-2/h3-8,24H,9-15H2,1-2H3;2-4H2,1H3;1H3;2H,1H3. The first-order chi connectivity index (χ1) is 20.3. The second-order valence-corrected chi connectivity index (χ2v) is 10.4. The molecule has 42 heavy (non-hydrogen) atoms. The molecule has 6 rings (SSSR count). The number of aromatic nitrogens is 2. The molecule has 228 valence electrons. The molecule has 2 saturated heterocycles. The molecule has 2 aromatic carbocycles. The lowest BCUT2D eigenvalue weighted by molar-refractivity contribution is 0.0146. The Kier molecular flexibility index (Phi) is 12.6. The van der Waals surface area contributed by atoms with Gasteiger partial charge >= 0.3 is 6.01 Å². The van der Waals surface area contributed by atoms with Crippen LogP contribution in [0.15, 0.2) is 36.4 Å². The van der Waals surface area contributed by atoms with Crippen LogP contribution < -0.4 is 19.9 Å². The summed E-state index contributed by atoms with van der Waals surface area (Å²) in [6.45, 7) is 9.76. The van der Waals surface area contributed by atoms with E-state index < -0.39 is 5.92 Å². The number of hydrogen-bond donors (Lipinski definition) is 2. The first kappa shape index (κ1) is 33.3. The number of ether oxygens (including phenoxy) is 1. The molecular weight excluding hydrogens is 556 g/mol. The molecule has 3 aromatic rings. The summed E-state index contributed by atoms with van der Waals surface area (Å²) >= 11 is 3.53. The normalized spacial score (nSPS) is 17.4. The van der Waals surface area contributed by atoms with Crippen LogP contribution >= 0.6 is 12.6 Å². The Bertz CT molecular complexity index is 1340. The summed E-state index contributed by atoms with van der Waals surface area (Å²) in [6.07, 6.45) is 2.67. The molecule has 2 fully saturated rings. The minimum atomic E-state index is -2.41. The number of methoxy groups -OCH3 is 1. The van der Waals surface area contributed by atoms with Crippen LogP contribution in [0, 0.1) is 18.3 Å². The Morgan fingerprint density at radius 1 is 1.02 bits per heavy atom. The smallest absolute Gasteiger partial charge is 0.318 e. The molecule has 0 saturated carbocycles. The summed E-state index contributed by atoms with van der Waals surface area (Å²) in [6, 6.07) is 15.3. The molecular formula is C31H43F2N7OS. The summed E-state index contributed by atoms with van der Waals surface area (Å²) in [5.74, 6) is -1.35. The molecule has 0 atom stereocenters. The highest BCUT2D eigenvalue weighted by Crippen LogP contribution is 2.35. The Morgan fingerprint density at radius 3 is 2.26 bits per heavy atom. The topological polar surface area (TPSA) is 80.5 Å². The molecule has 1 N–H and O–H groups in total. The van der Waals surface area contributed by atoms with Crippen molar-refractivity contribution in [3.8, 4) is 12.1 Å². The summed E-state index contributed by atoms with van der Waals surface area (Å²) < 4.78 is 29.8. The second kappa shape index (κ2) is 15.9. The van der Waals surface area contributed by atoms with Gasteiger partial charge in [0.05, 0.1) is 32.0 Å². The Balaban J connectivity index is 0.000000314. The molecule has 3 aliphatic heterocycles. The molecule has 11 heteroatoms. The van der Waals surface area contributed by atoms with Crippen LogP contribution in [0.1, 0.15) is 30.2 Å². The van der Waals surface area contributed by atoms with Crippen molar-refractivity contribution in [2.24, 2.45) is 0 Å². The van der Waals surface area contributed by atoms with Gasteiger partial charge in [0.25, 0.3) is 5.92 Å². The largest absolute Gasteiger partial charge is 0.467 e. The lowest BCUT2D eigenvalue weighted by atomic mass is 9.99. The average molecular weight is 600 g/mol. The zero-order valence-electron chi connectivity index (χ0n) is 25.3. The number of nitrogens with zero attached hydrogens (tertiary/aromatic N) is 6.